The van der Waals surface area contributed by atoms with E-state index in [1.165, 1.54) is 17.0 Å². The number of halogens is 1. The lowest BCUT2D eigenvalue weighted by molar-refractivity contribution is -0.144. The van der Waals surface area contributed by atoms with Crippen LogP contribution < -0.4 is 5.32 Å². The average Bonchev–Trinajstić information content (AvgIpc) is 2.93. The van der Waals surface area contributed by atoms with Crippen molar-refractivity contribution in [1.29, 1.82) is 0 Å². The minimum atomic E-state index is -0.614. The van der Waals surface area contributed by atoms with Crippen LogP contribution >= 0.6 is 11.3 Å². The third kappa shape index (κ3) is 4.04. The SMILES string of the molecule is CCOC(=O)C(Nc1cccc(F)c1)c1ccc(CC)s1. The first-order valence-electron chi connectivity index (χ1n) is 6.91. The quantitative estimate of drug-likeness (QED) is 0.814. The van der Waals surface area contributed by atoms with E-state index in [0.29, 0.717) is 12.3 Å². The minimum absolute atomic E-state index is 0.312. The number of hydrogen-bond acceptors (Lipinski definition) is 4. The highest BCUT2D eigenvalue weighted by Crippen LogP contribution is 2.28. The predicted molar refractivity (Wildman–Crippen MR) is 83.1 cm³/mol. The molecule has 0 aliphatic heterocycles. The molecule has 21 heavy (non-hydrogen) atoms. The van der Waals surface area contributed by atoms with Crippen LogP contribution in [0.3, 0.4) is 0 Å². The van der Waals surface area contributed by atoms with Crippen LogP contribution in [-0.2, 0) is 16.0 Å². The van der Waals surface area contributed by atoms with Gasteiger partial charge in [0.05, 0.1) is 6.61 Å². The van der Waals surface area contributed by atoms with E-state index in [4.69, 9.17) is 4.74 Å². The van der Waals surface area contributed by atoms with E-state index < -0.39 is 6.04 Å². The third-order valence-electron chi connectivity index (χ3n) is 2.97. The molecule has 0 bridgehead atoms. The number of aryl methyl sites for hydroxylation is 1. The standard InChI is InChI=1S/C16H18FNO2S/c1-3-13-8-9-14(21-13)15(16(19)20-4-2)18-12-7-5-6-11(17)10-12/h5-10,15,18H,3-4H2,1-2H3. The smallest absolute Gasteiger partial charge is 0.334 e. The molecule has 0 amide bonds. The number of thiophene rings is 1. The van der Waals surface area contributed by atoms with Gasteiger partial charge in [-0.05, 0) is 43.7 Å². The molecule has 0 aliphatic carbocycles. The summed E-state index contributed by atoms with van der Waals surface area (Å²) >= 11 is 1.56. The van der Waals surface area contributed by atoms with Crippen LogP contribution in [0.25, 0.3) is 0 Å². The fraction of sp³-hybridized carbons (Fsp3) is 0.312. The van der Waals surface area contributed by atoms with Crippen LogP contribution in [0.15, 0.2) is 36.4 Å². The van der Waals surface area contributed by atoms with Gasteiger partial charge in [0, 0.05) is 15.4 Å². The van der Waals surface area contributed by atoms with Gasteiger partial charge in [-0.25, -0.2) is 9.18 Å². The Morgan fingerprint density at radius 1 is 1.33 bits per heavy atom. The maximum Gasteiger partial charge on any atom is 0.334 e. The monoisotopic (exact) mass is 307 g/mol. The number of ether oxygens (including phenoxy) is 1. The normalized spacial score (nSPS) is 12.0. The summed E-state index contributed by atoms with van der Waals surface area (Å²) in [6.45, 7) is 4.14. The lowest BCUT2D eigenvalue weighted by Gasteiger charge is -2.17. The Labute approximate surface area is 127 Å². The Hall–Kier alpha value is -1.88. The Balaban J connectivity index is 2.25. The van der Waals surface area contributed by atoms with Gasteiger partial charge in [-0.2, -0.15) is 0 Å². The lowest BCUT2D eigenvalue weighted by atomic mass is 10.2. The zero-order valence-electron chi connectivity index (χ0n) is 12.1. The molecule has 1 unspecified atom stereocenters. The molecular weight excluding hydrogens is 289 g/mol. The van der Waals surface area contributed by atoms with Crippen molar-refractivity contribution in [3.8, 4) is 0 Å². The van der Waals surface area contributed by atoms with Gasteiger partial charge in [0.15, 0.2) is 6.04 Å². The van der Waals surface area contributed by atoms with Crippen LogP contribution in [0, 0.1) is 5.82 Å². The molecule has 1 N–H and O–H groups in total. The van der Waals surface area contributed by atoms with E-state index >= 15 is 0 Å². The second-order valence-electron chi connectivity index (χ2n) is 4.50. The molecule has 0 saturated heterocycles. The first-order chi connectivity index (χ1) is 10.1. The molecule has 5 heteroatoms. The van der Waals surface area contributed by atoms with Crippen molar-refractivity contribution in [2.75, 3.05) is 11.9 Å². The summed E-state index contributed by atoms with van der Waals surface area (Å²) in [5, 5.41) is 3.05. The van der Waals surface area contributed by atoms with E-state index in [1.807, 2.05) is 12.1 Å². The molecule has 112 valence electrons. The van der Waals surface area contributed by atoms with Crippen LogP contribution in [0.2, 0.25) is 0 Å². The molecule has 0 fully saturated rings. The summed E-state index contributed by atoms with van der Waals surface area (Å²) in [6.07, 6.45) is 0.917. The number of rotatable bonds is 6. The van der Waals surface area contributed by atoms with Crippen molar-refractivity contribution in [2.24, 2.45) is 0 Å². The average molecular weight is 307 g/mol. The van der Waals surface area contributed by atoms with E-state index in [1.54, 1.807) is 30.4 Å². The molecule has 0 spiro atoms. The van der Waals surface area contributed by atoms with Crippen LogP contribution in [0.1, 0.15) is 29.6 Å². The van der Waals surface area contributed by atoms with E-state index in [2.05, 4.69) is 12.2 Å². The zero-order chi connectivity index (χ0) is 15.2. The number of esters is 1. The van der Waals surface area contributed by atoms with Crippen molar-refractivity contribution in [1.82, 2.24) is 0 Å². The summed E-state index contributed by atoms with van der Waals surface area (Å²) in [7, 11) is 0. The van der Waals surface area contributed by atoms with Gasteiger partial charge in [0.1, 0.15) is 5.82 Å². The highest BCUT2D eigenvalue weighted by molar-refractivity contribution is 7.12. The molecule has 1 aromatic carbocycles. The molecule has 2 rings (SSSR count). The van der Waals surface area contributed by atoms with Crippen molar-refractivity contribution in [3.05, 3.63) is 52.0 Å². The van der Waals surface area contributed by atoms with Crippen molar-refractivity contribution >= 4 is 23.0 Å². The van der Waals surface area contributed by atoms with Gasteiger partial charge >= 0.3 is 5.97 Å². The molecule has 3 nitrogen and oxygen atoms in total. The lowest BCUT2D eigenvalue weighted by Crippen LogP contribution is -2.22. The molecule has 0 saturated carbocycles. The molecule has 1 atom stereocenters. The van der Waals surface area contributed by atoms with Gasteiger partial charge in [0.2, 0.25) is 0 Å². The number of benzene rings is 1. The fourth-order valence-electron chi connectivity index (χ4n) is 1.96. The van der Waals surface area contributed by atoms with Crippen molar-refractivity contribution < 1.29 is 13.9 Å². The molecule has 1 aromatic heterocycles. The minimum Gasteiger partial charge on any atom is -0.464 e. The second-order valence-corrected chi connectivity index (χ2v) is 5.70. The summed E-state index contributed by atoms with van der Waals surface area (Å²) in [6, 6.07) is 9.36. The zero-order valence-corrected chi connectivity index (χ0v) is 12.9. The molecular formula is C16H18FNO2S. The van der Waals surface area contributed by atoms with Crippen LogP contribution in [-0.4, -0.2) is 12.6 Å². The maximum atomic E-state index is 13.3. The molecule has 2 aromatic rings. The van der Waals surface area contributed by atoms with Crippen LogP contribution in [0.5, 0.6) is 0 Å². The Morgan fingerprint density at radius 3 is 2.76 bits per heavy atom. The highest BCUT2D eigenvalue weighted by Gasteiger charge is 2.23. The van der Waals surface area contributed by atoms with Gasteiger partial charge in [0.25, 0.3) is 0 Å². The first kappa shape index (κ1) is 15.5. The van der Waals surface area contributed by atoms with Crippen molar-refractivity contribution in [2.45, 2.75) is 26.3 Å². The summed E-state index contributed by atoms with van der Waals surface area (Å²) < 4.78 is 18.4. The Morgan fingerprint density at radius 2 is 2.14 bits per heavy atom. The second kappa shape index (κ2) is 7.22. The van der Waals surface area contributed by atoms with E-state index in [0.717, 1.165) is 11.3 Å². The predicted octanol–water partition coefficient (Wildman–Crippen LogP) is 4.17. The summed E-state index contributed by atoms with van der Waals surface area (Å²) in [5.41, 5.74) is 0.555. The third-order valence-corrected chi connectivity index (χ3v) is 4.27. The number of nitrogens with one attached hydrogen (secondary N) is 1. The molecule has 0 aliphatic rings. The highest BCUT2D eigenvalue weighted by atomic mass is 32.1. The van der Waals surface area contributed by atoms with Gasteiger partial charge in [-0.3, -0.25) is 0 Å². The maximum absolute atomic E-state index is 13.3. The van der Waals surface area contributed by atoms with Gasteiger partial charge in [-0.15, -0.1) is 11.3 Å². The topological polar surface area (TPSA) is 38.3 Å². The van der Waals surface area contributed by atoms with Gasteiger partial charge in [-0.1, -0.05) is 13.0 Å². The van der Waals surface area contributed by atoms with E-state index in [-0.39, 0.29) is 11.8 Å². The number of carbonyl (C=O) groups is 1. The molecule has 1 heterocycles. The summed E-state index contributed by atoms with van der Waals surface area (Å²) in [5.74, 6) is -0.700. The largest absolute Gasteiger partial charge is 0.464 e. The summed E-state index contributed by atoms with van der Waals surface area (Å²) in [4.78, 5) is 14.2. The number of hydrogen-bond donors (Lipinski definition) is 1. The van der Waals surface area contributed by atoms with Crippen LogP contribution in [0.4, 0.5) is 10.1 Å². The van der Waals surface area contributed by atoms with E-state index in [9.17, 15) is 9.18 Å². The Kier molecular flexibility index (Phi) is 5.33. The first-order valence-corrected chi connectivity index (χ1v) is 7.73. The van der Waals surface area contributed by atoms with Crippen molar-refractivity contribution in [3.63, 3.8) is 0 Å². The van der Waals surface area contributed by atoms with Gasteiger partial charge < -0.3 is 10.1 Å². The number of carbonyl (C=O) groups excluding carboxylic acids is 1. The molecule has 0 radical (unpaired) electrons. The Bertz CT molecular complexity index is 612. The fourth-order valence-corrected chi connectivity index (χ4v) is 2.95. The number of anilines is 1.